The van der Waals surface area contributed by atoms with Gasteiger partial charge in [0.05, 0.1) is 11.9 Å². The van der Waals surface area contributed by atoms with E-state index in [9.17, 15) is 18.0 Å². The van der Waals surface area contributed by atoms with Crippen molar-refractivity contribution in [3.05, 3.63) is 65.2 Å². The summed E-state index contributed by atoms with van der Waals surface area (Å²) in [7, 11) is -3.75. The number of benzene rings is 2. The molecule has 1 aliphatic carbocycles. The minimum absolute atomic E-state index is 0.122. The van der Waals surface area contributed by atoms with Gasteiger partial charge < -0.3 is 10.2 Å². The van der Waals surface area contributed by atoms with Crippen LogP contribution in [0.3, 0.4) is 0 Å². The number of amides is 2. The summed E-state index contributed by atoms with van der Waals surface area (Å²) in [5.74, 6) is -0.581. The molecule has 8 heteroatoms. The van der Waals surface area contributed by atoms with Crippen molar-refractivity contribution in [3.63, 3.8) is 0 Å². The van der Waals surface area contributed by atoms with E-state index < -0.39 is 22.0 Å². The molecule has 0 spiro atoms. The molecule has 7 nitrogen and oxygen atoms in total. The average Bonchev–Trinajstić information content (AvgIpc) is 2.85. The van der Waals surface area contributed by atoms with Crippen LogP contribution in [0.5, 0.6) is 0 Å². The van der Waals surface area contributed by atoms with Crippen molar-refractivity contribution in [3.8, 4) is 0 Å². The first-order chi connectivity index (χ1) is 17.1. The predicted octanol–water partition coefficient (Wildman–Crippen LogP) is 4.33. The van der Waals surface area contributed by atoms with E-state index in [1.165, 1.54) is 11.3 Å². The van der Waals surface area contributed by atoms with Gasteiger partial charge in [-0.2, -0.15) is 0 Å². The van der Waals surface area contributed by atoms with Gasteiger partial charge in [0, 0.05) is 12.6 Å². The molecule has 1 atom stereocenters. The van der Waals surface area contributed by atoms with Crippen LogP contribution in [0.4, 0.5) is 5.69 Å². The first kappa shape index (κ1) is 27.7. The number of anilines is 1. The Morgan fingerprint density at radius 2 is 1.67 bits per heavy atom. The normalized spacial score (nSPS) is 15.2. The van der Waals surface area contributed by atoms with Crippen LogP contribution in [-0.2, 0) is 26.2 Å². The number of nitrogens with zero attached hydrogens (tertiary/aromatic N) is 2. The first-order valence-corrected chi connectivity index (χ1v) is 14.6. The fraction of sp³-hybridized carbons (Fsp3) is 0.500. The number of aryl methyl sites for hydroxylation is 1. The minimum Gasteiger partial charge on any atom is -0.352 e. The zero-order valence-electron chi connectivity index (χ0n) is 21.9. The molecule has 1 unspecified atom stereocenters. The molecule has 0 aliphatic heterocycles. The molecule has 2 amide bonds. The van der Waals surface area contributed by atoms with Crippen molar-refractivity contribution < 1.29 is 18.0 Å². The fourth-order valence-electron chi connectivity index (χ4n) is 4.84. The highest BCUT2D eigenvalue weighted by molar-refractivity contribution is 7.92. The van der Waals surface area contributed by atoms with E-state index in [0.717, 1.165) is 52.9 Å². The molecule has 0 bridgehead atoms. The molecule has 1 saturated carbocycles. The lowest BCUT2D eigenvalue weighted by molar-refractivity contribution is -0.140. The van der Waals surface area contributed by atoms with Crippen molar-refractivity contribution >= 4 is 27.5 Å². The number of hydrogen-bond donors (Lipinski definition) is 1. The number of carbonyl (C=O) groups is 2. The van der Waals surface area contributed by atoms with Gasteiger partial charge in [-0.15, -0.1) is 0 Å². The average molecular weight is 514 g/mol. The van der Waals surface area contributed by atoms with Crippen LogP contribution in [0, 0.1) is 13.8 Å². The largest absolute Gasteiger partial charge is 0.352 e. The summed E-state index contributed by atoms with van der Waals surface area (Å²) in [6.07, 6.45) is 6.80. The Morgan fingerprint density at radius 3 is 2.28 bits per heavy atom. The molecular weight excluding hydrogens is 474 g/mol. The molecule has 0 saturated heterocycles. The van der Waals surface area contributed by atoms with Gasteiger partial charge in [-0.25, -0.2) is 8.42 Å². The van der Waals surface area contributed by atoms with Gasteiger partial charge in [-0.05, 0) is 55.9 Å². The predicted molar refractivity (Wildman–Crippen MR) is 144 cm³/mol. The van der Waals surface area contributed by atoms with E-state index in [2.05, 4.69) is 5.32 Å². The van der Waals surface area contributed by atoms with E-state index in [0.29, 0.717) is 12.1 Å². The van der Waals surface area contributed by atoms with E-state index in [1.807, 2.05) is 57.2 Å². The highest BCUT2D eigenvalue weighted by Crippen LogP contribution is 2.26. The fourth-order valence-corrected chi connectivity index (χ4v) is 5.74. The smallest absolute Gasteiger partial charge is 0.244 e. The number of hydrogen-bond acceptors (Lipinski definition) is 4. The number of rotatable bonds is 10. The van der Waals surface area contributed by atoms with Crippen LogP contribution < -0.4 is 9.62 Å². The maximum absolute atomic E-state index is 13.8. The van der Waals surface area contributed by atoms with Gasteiger partial charge in [0.1, 0.15) is 12.6 Å². The van der Waals surface area contributed by atoms with Crippen LogP contribution in [0.15, 0.2) is 48.5 Å². The van der Waals surface area contributed by atoms with Crippen molar-refractivity contribution in [2.45, 2.75) is 77.9 Å². The van der Waals surface area contributed by atoms with Crippen LogP contribution in [0.2, 0.25) is 0 Å². The van der Waals surface area contributed by atoms with Crippen LogP contribution in [-0.4, -0.2) is 50.0 Å². The van der Waals surface area contributed by atoms with Crippen LogP contribution in [0.1, 0.15) is 62.1 Å². The summed E-state index contributed by atoms with van der Waals surface area (Å²) >= 11 is 0. The Labute approximate surface area is 215 Å². The Morgan fingerprint density at radius 1 is 1.00 bits per heavy atom. The molecule has 36 heavy (non-hydrogen) atoms. The molecule has 0 aromatic heterocycles. The maximum Gasteiger partial charge on any atom is 0.244 e. The topological polar surface area (TPSA) is 86.8 Å². The first-order valence-electron chi connectivity index (χ1n) is 12.8. The van der Waals surface area contributed by atoms with E-state index >= 15 is 0 Å². The molecule has 0 radical (unpaired) electrons. The number of carbonyl (C=O) groups excluding carboxylic acids is 2. The van der Waals surface area contributed by atoms with Crippen LogP contribution >= 0.6 is 0 Å². The van der Waals surface area contributed by atoms with Crippen molar-refractivity contribution in [1.29, 1.82) is 0 Å². The molecule has 196 valence electrons. The third-order valence-corrected chi connectivity index (χ3v) is 8.18. The van der Waals surface area contributed by atoms with Gasteiger partial charge in [0.25, 0.3) is 0 Å². The Bertz CT molecular complexity index is 1140. The Kier molecular flexibility index (Phi) is 9.54. The lowest BCUT2D eigenvalue weighted by Crippen LogP contribution is -2.54. The minimum atomic E-state index is -3.75. The maximum atomic E-state index is 13.8. The molecule has 1 fully saturated rings. The second-order valence-electron chi connectivity index (χ2n) is 9.76. The lowest BCUT2D eigenvalue weighted by atomic mass is 9.95. The van der Waals surface area contributed by atoms with E-state index in [4.69, 9.17) is 0 Å². The molecule has 3 rings (SSSR count). The van der Waals surface area contributed by atoms with Gasteiger partial charge in [-0.3, -0.25) is 13.9 Å². The standard InChI is InChI=1S/C28H39N3O4S/c1-5-25(28(33)29-24-16-10-7-11-17-24)30(19-23-14-8-6-9-15-23)27(32)20-31(36(4,34)35)26-18-12-13-21(2)22(26)3/h6,8-9,12-15,18,24-25H,5,7,10-11,16-17,19-20H2,1-4H3,(H,29,33). The van der Waals surface area contributed by atoms with Gasteiger partial charge in [0.15, 0.2) is 0 Å². The SMILES string of the molecule is CCC(C(=O)NC1CCCCC1)N(Cc1ccccc1)C(=O)CN(c1cccc(C)c1C)S(C)(=O)=O. The second-order valence-corrected chi connectivity index (χ2v) is 11.7. The monoisotopic (exact) mass is 513 g/mol. The van der Waals surface area contributed by atoms with Crippen molar-refractivity contribution in [2.24, 2.45) is 0 Å². The van der Waals surface area contributed by atoms with Gasteiger partial charge in [-0.1, -0.05) is 68.7 Å². The summed E-state index contributed by atoms with van der Waals surface area (Å²) in [5, 5.41) is 3.16. The number of nitrogens with one attached hydrogen (secondary N) is 1. The van der Waals surface area contributed by atoms with Crippen LogP contribution in [0.25, 0.3) is 0 Å². The zero-order chi connectivity index (χ0) is 26.3. The Hall–Kier alpha value is -2.87. The lowest BCUT2D eigenvalue weighted by Gasteiger charge is -2.34. The third kappa shape index (κ3) is 7.09. The van der Waals surface area contributed by atoms with Crippen molar-refractivity contribution in [2.75, 3.05) is 17.1 Å². The quantitative estimate of drug-likeness (QED) is 0.512. The Balaban J connectivity index is 1.92. The summed E-state index contributed by atoms with van der Waals surface area (Å²) < 4.78 is 26.8. The second kappa shape index (κ2) is 12.4. The van der Waals surface area contributed by atoms with E-state index in [1.54, 1.807) is 12.1 Å². The molecule has 1 N–H and O–H groups in total. The van der Waals surface area contributed by atoms with Gasteiger partial charge in [0.2, 0.25) is 21.8 Å². The third-order valence-electron chi connectivity index (χ3n) is 7.06. The number of sulfonamides is 1. The highest BCUT2D eigenvalue weighted by Gasteiger charge is 2.33. The zero-order valence-corrected chi connectivity index (χ0v) is 22.7. The molecular formula is C28H39N3O4S. The highest BCUT2D eigenvalue weighted by atomic mass is 32.2. The van der Waals surface area contributed by atoms with Crippen molar-refractivity contribution in [1.82, 2.24) is 10.2 Å². The molecule has 0 heterocycles. The molecule has 2 aromatic carbocycles. The van der Waals surface area contributed by atoms with Gasteiger partial charge >= 0.3 is 0 Å². The molecule has 1 aliphatic rings. The summed E-state index contributed by atoms with van der Waals surface area (Å²) in [4.78, 5) is 28.7. The molecule has 2 aromatic rings. The summed E-state index contributed by atoms with van der Waals surface area (Å²) in [6, 6.07) is 14.3. The van der Waals surface area contributed by atoms with E-state index in [-0.39, 0.29) is 25.0 Å². The summed E-state index contributed by atoms with van der Waals surface area (Å²) in [6.45, 7) is 5.49. The summed E-state index contributed by atoms with van der Waals surface area (Å²) in [5.41, 5.74) is 3.10.